The Morgan fingerprint density at radius 2 is 1.62 bits per heavy atom. The van der Waals surface area contributed by atoms with Gasteiger partial charge in [0.25, 0.3) is 0 Å². The van der Waals surface area contributed by atoms with Crippen molar-refractivity contribution in [2.45, 2.75) is 26.7 Å². The molecule has 0 saturated heterocycles. The minimum absolute atomic E-state index is 0.473. The summed E-state index contributed by atoms with van der Waals surface area (Å²) in [5.74, 6) is 0.473. The lowest BCUT2D eigenvalue weighted by molar-refractivity contribution is 0.908. The van der Waals surface area contributed by atoms with Gasteiger partial charge in [0, 0.05) is 5.92 Å². The van der Waals surface area contributed by atoms with E-state index in [0.29, 0.717) is 5.92 Å². The first kappa shape index (κ1) is 10.9. The van der Waals surface area contributed by atoms with E-state index in [1.165, 1.54) is 22.3 Å². The van der Waals surface area contributed by atoms with E-state index in [9.17, 15) is 0 Å². The van der Waals surface area contributed by atoms with Gasteiger partial charge in [-0.1, -0.05) is 61.0 Å². The van der Waals surface area contributed by atoms with E-state index in [1.807, 2.05) is 0 Å². The first-order valence-corrected chi connectivity index (χ1v) is 5.80. The third kappa shape index (κ3) is 2.16. The van der Waals surface area contributed by atoms with Crippen LogP contribution in [0.25, 0.3) is 0 Å². The van der Waals surface area contributed by atoms with Crippen LogP contribution < -0.4 is 0 Å². The molecule has 0 aliphatic rings. The maximum absolute atomic E-state index is 2.27. The molecule has 16 heavy (non-hydrogen) atoms. The highest BCUT2D eigenvalue weighted by Gasteiger charge is 2.09. The van der Waals surface area contributed by atoms with Gasteiger partial charge in [-0.2, -0.15) is 0 Å². The average molecular weight is 210 g/mol. The SMILES string of the molecule is Cc1cccc(C(C)c2ccccc2C)c1. The molecule has 0 N–H and O–H groups in total. The molecule has 0 aliphatic carbocycles. The zero-order valence-electron chi connectivity index (χ0n) is 10.2. The van der Waals surface area contributed by atoms with Crippen LogP contribution in [0.3, 0.4) is 0 Å². The van der Waals surface area contributed by atoms with Crippen LogP contribution in [-0.4, -0.2) is 0 Å². The lowest BCUT2D eigenvalue weighted by Gasteiger charge is -2.15. The summed E-state index contributed by atoms with van der Waals surface area (Å²) in [6, 6.07) is 17.4. The van der Waals surface area contributed by atoms with Crippen molar-refractivity contribution in [1.82, 2.24) is 0 Å². The third-order valence-electron chi connectivity index (χ3n) is 3.20. The van der Waals surface area contributed by atoms with Crippen LogP contribution in [0.4, 0.5) is 0 Å². The molecule has 0 bridgehead atoms. The summed E-state index contributed by atoms with van der Waals surface area (Å²) in [7, 11) is 0. The molecule has 0 amide bonds. The lowest BCUT2D eigenvalue weighted by atomic mass is 9.89. The summed E-state index contributed by atoms with van der Waals surface area (Å²) in [6.45, 7) is 6.60. The zero-order chi connectivity index (χ0) is 11.5. The fourth-order valence-corrected chi connectivity index (χ4v) is 2.19. The fraction of sp³-hybridized carbons (Fsp3) is 0.250. The Hall–Kier alpha value is -1.56. The summed E-state index contributed by atoms with van der Waals surface area (Å²) in [5, 5.41) is 0. The molecule has 1 atom stereocenters. The second kappa shape index (κ2) is 4.52. The molecule has 0 saturated carbocycles. The van der Waals surface area contributed by atoms with Gasteiger partial charge in [-0.05, 0) is 30.5 Å². The molecule has 0 heteroatoms. The molecule has 0 fully saturated rings. The van der Waals surface area contributed by atoms with Gasteiger partial charge in [0.2, 0.25) is 0 Å². The molecule has 0 heterocycles. The van der Waals surface area contributed by atoms with Gasteiger partial charge in [-0.3, -0.25) is 0 Å². The van der Waals surface area contributed by atoms with Crippen LogP contribution in [0.5, 0.6) is 0 Å². The van der Waals surface area contributed by atoms with Crippen LogP contribution in [-0.2, 0) is 0 Å². The van der Waals surface area contributed by atoms with Gasteiger partial charge >= 0.3 is 0 Å². The number of rotatable bonds is 2. The molecule has 2 aromatic carbocycles. The minimum atomic E-state index is 0.473. The molecule has 2 aromatic rings. The van der Waals surface area contributed by atoms with Crippen LogP contribution in [0.2, 0.25) is 0 Å². The van der Waals surface area contributed by atoms with Crippen LogP contribution in [0.15, 0.2) is 48.5 Å². The number of benzene rings is 2. The second-order valence-electron chi connectivity index (χ2n) is 4.49. The number of hydrogen-bond acceptors (Lipinski definition) is 0. The summed E-state index contributed by atoms with van der Waals surface area (Å²) >= 11 is 0. The summed E-state index contributed by atoms with van der Waals surface area (Å²) in [6.07, 6.45) is 0. The molecule has 82 valence electrons. The van der Waals surface area contributed by atoms with Crippen molar-refractivity contribution in [3.63, 3.8) is 0 Å². The average Bonchev–Trinajstić information content (AvgIpc) is 2.29. The predicted molar refractivity (Wildman–Crippen MR) is 69.9 cm³/mol. The number of hydrogen-bond donors (Lipinski definition) is 0. The van der Waals surface area contributed by atoms with Crippen molar-refractivity contribution in [2.24, 2.45) is 0 Å². The molecular formula is C16H18. The lowest BCUT2D eigenvalue weighted by Crippen LogP contribution is -1.98. The van der Waals surface area contributed by atoms with Gasteiger partial charge in [-0.25, -0.2) is 0 Å². The van der Waals surface area contributed by atoms with Crippen molar-refractivity contribution < 1.29 is 0 Å². The van der Waals surface area contributed by atoms with Crippen LogP contribution in [0.1, 0.15) is 35.1 Å². The normalized spacial score (nSPS) is 12.4. The van der Waals surface area contributed by atoms with Gasteiger partial charge in [-0.15, -0.1) is 0 Å². The quantitative estimate of drug-likeness (QED) is 0.686. The monoisotopic (exact) mass is 210 g/mol. The fourth-order valence-electron chi connectivity index (χ4n) is 2.19. The molecular weight excluding hydrogens is 192 g/mol. The highest BCUT2D eigenvalue weighted by molar-refractivity contribution is 5.37. The topological polar surface area (TPSA) is 0 Å². The van der Waals surface area contributed by atoms with Gasteiger partial charge in [0.1, 0.15) is 0 Å². The first-order chi connectivity index (χ1) is 7.68. The van der Waals surface area contributed by atoms with E-state index in [4.69, 9.17) is 0 Å². The van der Waals surface area contributed by atoms with Gasteiger partial charge in [0.05, 0.1) is 0 Å². The van der Waals surface area contributed by atoms with Crippen molar-refractivity contribution in [1.29, 1.82) is 0 Å². The maximum atomic E-state index is 2.27. The standard InChI is InChI=1S/C16H18/c1-12-7-6-9-15(11-12)14(3)16-10-5-4-8-13(16)2/h4-11,14H,1-3H3. The maximum Gasteiger partial charge on any atom is 0.00637 e. The summed E-state index contributed by atoms with van der Waals surface area (Å²) in [4.78, 5) is 0. The molecule has 1 unspecified atom stereocenters. The first-order valence-electron chi connectivity index (χ1n) is 5.80. The molecule has 0 spiro atoms. The van der Waals surface area contributed by atoms with E-state index in [-0.39, 0.29) is 0 Å². The van der Waals surface area contributed by atoms with Crippen LogP contribution in [0, 0.1) is 13.8 Å². The van der Waals surface area contributed by atoms with Crippen molar-refractivity contribution in [3.8, 4) is 0 Å². The molecule has 0 radical (unpaired) electrons. The zero-order valence-corrected chi connectivity index (χ0v) is 10.2. The molecule has 0 aromatic heterocycles. The van der Waals surface area contributed by atoms with Crippen molar-refractivity contribution >= 4 is 0 Å². The highest BCUT2D eigenvalue weighted by Crippen LogP contribution is 2.26. The second-order valence-corrected chi connectivity index (χ2v) is 4.49. The summed E-state index contributed by atoms with van der Waals surface area (Å²) in [5.41, 5.74) is 5.52. The van der Waals surface area contributed by atoms with Crippen LogP contribution >= 0.6 is 0 Å². The third-order valence-corrected chi connectivity index (χ3v) is 3.20. The van der Waals surface area contributed by atoms with Crippen molar-refractivity contribution in [2.75, 3.05) is 0 Å². The van der Waals surface area contributed by atoms with E-state index < -0.39 is 0 Å². The van der Waals surface area contributed by atoms with E-state index >= 15 is 0 Å². The Balaban J connectivity index is 2.39. The Bertz CT molecular complexity index is 483. The molecule has 0 aliphatic heterocycles. The molecule has 2 rings (SSSR count). The Morgan fingerprint density at radius 1 is 0.875 bits per heavy atom. The Kier molecular flexibility index (Phi) is 3.09. The predicted octanol–water partition coefficient (Wildman–Crippen LogP) is 4.46. The van der Waals surface area contributed by atoms with Gasteiger partial charge < -0.3 is 0 Å². The summed E-state index contributed by atoms with van der Waals surface area (Å²) < 4.78 is 0. The largest absolute Gasteiger partial charge is 0.0620 e. The van der Waals surface area contributed by atoms with Gasteiger partial charge in [0.15, 0.2) is 0 Å². The Labute approximate surface area is 97.9 Å². The van der Waals surface area contributed by atoms with Crippen molar-refractivity contribution in [3.05, 3.63) is 70.8 Å². The highest BCUT2D eigenvalue weighted by atomic mass is 14.1. The smallest absolute Gasteiger partial charge is 0.00637 e. The Morgan fingerprint density at radius 3 is 2.31 bits per heavy atom. The molecule has 0 nitrogen and oxygen atoms in total. The van der Waals surface area contributed by atoms with E-state index in [0.717, 1.165) is 0 Å². The minimum Gasteiger partial charge on any atom is -0.0620 e. The van der Waals surface area contributed by atoms with E-state index in [2.05, 4.69) is 69.3 Å². The number of aryl methyl sites for hydroxylation is 2. The van der Waals surface area contributed by atoms with E-state index in [1.54, 1.807) is 0 Å².